The summed E-state index contributed by atoms with van der Waals surface area (Å²) in [7, 11) is 1.28. The molecule has 0 bridgehead atoms. The largest absolute Gasteiger partial charge is 0.468 e. The van der Waals surface area contributed by atoms with Crippen LogP contribution in [0.25, 0.3) is 0 Å². The van der Waals surface area contributed by atoms with E-state index in [4.69, 9.17) is 23.2 Å². The molecule has 0 aliphatic carbocycles. The van der Waals surface area contributed by atoms with Gasteiger partial charge in [-0.25, -0.2) is 0 Å². The molecule has 2 unspecified atom stereocenters. The maximum atomic E-state index is 11.1. The molecule has 76 valence electrons. The van der Waals surface area contributed by atoms with E-state index in [9.17, 15) is 4.79 Å². The number of esters is 1. The fourth-order valence-electron chi connectivity index (χ4n) is 1.04. The summed E-state index contributed by atoms with van der Waals surface area (Å²) in [4.78, 5) is 11.1. The molecule has 0 fully saturated rings. The van der Waals surface area contributed by atoms with E-state index in [1.54, 1.807) is 0 Å². The van der Waals surface area contributed by atoms with Crippen molar-refractivity contribution in [1.29, 1.82) is 0 Å². The Balaban J connectivity index is 2.75. The summed E-state index contributed by atoms with van der Waals surface area (Å²) in [5.74, 6) is -0.518. The van der Waals surface area contributed by atoms with Crippen molar-refractivity contribution >= 4 is 29.2 Å². The molecule has 0 saturated heterocycles. The molecular weight excluding hydrogens is 223 g/mol. The van der Waals surface area contributed by atoms with Crippen molar-refractivity contribution in [2.45, 2.75) is 10.8 Å². The summed E-state index contributed by atoms with van der Waals surface area (Å²) in [6.45, 7) is 0. The Morgan fingerprint density at radius 2 is 1.86 bits per heavy atom. The van der Waals surface area contributed by atoms with Gasteiger partial charge in [-0.15, -0.1) is 23.2 Å². The summed E-state index contributed by atoms with van der Waals surface area (Å²) >= 11 is 11.8. The van der Waals surface area contributed by atoms with E-state index in [1.165, 1.54) is 7.11 Å². The second-order valence-electron chi connectivity index (χ2n) is 2.74. The molecule has 0 aromatic heterocycles. The highest BCUT2D eigenvalue weighted by Crippen LogP contribution is 2.28. The lowest BCUT2D eigenvalue weighted by atomic mass is 10.1. The van der Waals surface area contributed by atoms with Crippen molar-refractivity contribution in [2.75, 3.05) is 7.11 Å². The van der Waals surface area contributed by atoms with E-state index < -0.39 is 16.7 Å². The molecule has 1 rings (SSSR count). The van der Waals surface area contributed by atoms with Gasteiger partial charge in [-0.05, 0) is 5.56 Å². The quantitative estimate of drug-likeness (QED) is 0.592. The number of carbonyl (C=O) groups excluding carboxylic acids is 1. The molecule has 0 heterocycles. The van der Waals surface area contributed by atoms with Crippen molar-refractivity contribution in [3.63, 3.8) is 0 Å². The Kier molecular flexibility index (Phi) is 4.23. The van der Waals surface area contributed by atoms with Crippen LogP contribution in [0.15, 0.2) is 30.3 Å². The van der Waals surface area contributed by atoms with Crippen LogP contribution in [0.4, 0.5) is 0 Å². The van der Waals surface area contributed by atoms with Crippen molar-refractivity contribution in [2.24, 2.45) is 0 Å². The first-order valence-electron chi connectivity index (χ1n) is 4.07. The second-order valence-corrected chi connectivity index (χ2v) is 3.68. The third-order valence-corrected chi connectivity index (χ3v) is 2.86. The number of hydrogen-bond acceptors (Lipinski definition) is 2. The van der Waals surface area contributed by atoms with Gasteiger partial charge in [0.1, 0.15) is 0 Å². The molecule has 14 heavy (non-hydrogen) atoms. The first-order chi connectivity index (χ1) is 6.66. The van der Waals surface area contributed by atoms with Gasteiger partial charge in [-0.1, -0.05) is 30.3 Å². The average Bonchev–Trinajstić information content (AvgIpc) is 2.27. The fourth-order valence-corrected chi connectivity index (χ4v) is 1.52. The van der Waals surface area contributed by atoms with E-state index in [0.717, 1.165) is 5.56 Å². The SMILES string of the molecule is COC(=O)C(Cl)C(Cl)c1ccccc1. The highest BCUT2D eigenvalue weighted by molar-refractivity contribution is 6.36. The topological polar surface area (TPSA) is 26.3 Å². The summed E-state index contributed by atoms with van der Waals surface area (Å²) in [5.41, 5.74) is 0.805. The highest BCUT2D eigenvalue weighted by atomic mass is 35.5. The lowest BCUT2D eigenvalue weighted by Gasteiger charge is -2.13. The van der Waals surface area contributed by atoms with Crippen molar-refractivity contribution in [3.8, 4) is 0 Å². The van der Waals surface area contributed by atoms with E-state index in [-0.39, 0.29) is 0 Å². The van der Waals surface area contributed by atoms with Crippen LogP contribution in [0, 0.1) is 0 Å². The first kappa shape index (κ1) is 11.3. The zero-order valence-electron chi connectivity index (χ0n) is 7.61. The fraction of sp³-hybridized carbons (Fsp3) is 0.300. The van der Waals surface area contributed by atoms with E-state index >= 15 is 0 Å². The maximum absolute atomic E-state index is 11.1. The minimum atomic E-state index is -0.857. The average molecular weight is 233 g/mol. The molecule has 0 aliphatic heterocycles. The van der Waals surface area contributed by atoms with Gasteiger partial charge in [0.05, 0.1) is 12.5 Å². The second kappa shape index (κ2) is 5.23. The van der Waals surface area contributed by atoms with E-state index in [1.807, 2.05) is 30.3 Å². The van der Waals surface area contributed by atoms with Crippen molar-refractivity contribution in [3.05, 3.63) is 35.9 Å². The van der Waals surface area contributed by atoms with Gasteiger partial charge >= 0.3 is 5.97 Å². The minimum absolute atomic E-state index is 0.518. The van der Waals surface area contributed by atoms with Crippen LogP contribution in [-0.4, -0.2) is 18.5 Å². The van der Waals surface area contributed by atoms with Gasteiger partial charge in [-0.3, -0.25) is 4.79 Å². The number of rotatable bonds is 3. The zero-order valence-corrected chi connectivity index (χ0v) is 9.13. The molecule has 4 heteroatoms. The Morgan fingerprint density at radius 3 is 2.36 bits per heavy atom. The van der Waals surface area contributed by atoms with Crippen LogP contribution in [0.5, 0.6) is 0 Å². The first-order valence-corrected chi connectivity index (χ1v) is 4.95. The Labute approximate surface area is 92.8 Å². The van der Waals surface area contributed by atoms with Crippen LogP contribution in [0.1, 0.15) is 10.9 Å². The third-order valence-electron chi connectivity index (χ3n) is 1.80. The summed E-state index contributed by atoms with van der Waals surface area (Å²) < 4.78 is 4.50. The molecule has 0 N–H and O–H groups in total. The molecule has 1 aromatic rings. The van der Waals surface area contributed by atoms with Crippen LogP contribution in [-0.2, 0) is 9.53 Å². The van der Waals surface area contributed by atoms with Gasteiger partial charge in [0.25, 0.3) is 0 Å². The predicted octanol–water partition coefficient (Wildman–Crippen LogP) is 2.75. The molecule has 0 saturated carbocycles. The highest BCUT2D eigenvalue weighted by Gasteiger charge is 2.26. The standard InChI is InChI=1S/C10H10Cl2O2/c1-14-10(13)9(12)8(11)7-5-3-2-4-6-7/h2-6,8-9H,1H3. The lowest BCUT2D eigenvalue weighted by Crippen LogP contribution is -2.20. The summed E-state index contributed by atoms with van der Waals surface area (Å²) in [6.07, 6.45) is 0. The molecular formula is C10H10Cl2O2. The smallest absolute Gasteiger partial charge is 0.325 e. The lowest BCUT2D eigenvalue weighted by molar-refractivity contribution is -0.140. The summed E-state index contributed by atoms with van der Waals surface area (Å²) in [6, 6.07) is 9.18. The van der Waals surface area contributed by atoms with Gasteiger partial charge in [0.2, 0.25) is 0 Å². The number of hydrogen-bond donors (Lipinski definition) is 0. The van der Waals surface area contributed by atoms with Gasteiger partial charge in [-0.2, -0.15) is 0 Å². The molecule has 0 radical (unpaired) electrons. The van der Waals surface area contributed by atoms with Gasteiger partial charge in [0.15, 0.2) is 5.38 Å². The number of ether oxygens (including phenoxy) is 1. The Morgan fingerprint density at radius 1 is 1.29 bits per heavy atom. The zero-order chi connectivity index (χ0) is 10.6. The van der Waals surface area contributed by atoms with Crippen LogP contribution < -0.4 is 0 Å². The van der Waals surface area contributed by atoms with Crippen molar-refractivity contribution in [1.82, 2.24) is 0 Å². The molecule has 0 spiro atoms. The number of alkyl halides is 2. The van der Waals surface area contributed by atoms with Crippen LogP contribution in [0.2, 0.25) is 0 Å². The molecule has 0 amide bonds. The number of carbonyl (C=O) groups is 1. The molecule has 2 atom stereocenters. The predicted molar refractivity (Wildman–Crippen MR) is 56.7 cm³/mol. The molecule has 2 nitrogen and oxygen atoms in total. The monoisotopic (exact) mass is 232 g/mol. The molecule has 1 aromatic carbocycles. The number of halogens is 2. The summed E-state index contributed by atoms with van der Waals surface area (Å²) in [5, 5.41) is -1.42. The van der Waals surface area contributed by atoms with E-state index in [2.05, 4.69) is 4.74 Å². The normalized spacial score (nSPS) is 14.5. The Bertz CT molecular complexity index is 300. The Hall–Kier alpha value is -0.730. The minimum Gasteiger partial charge on any atom is -0.468 e. The van der Waals surface area contributed by atoms with Crippen LogP contribution >= 0.6 is 23.2 Å². The number of benzene rings is 1. The molecule has 0 aliphatic rings. The van der Waals surface area contributed by atoms with Gasteiger partial charge in [0, 0.05) is 0 Å². The van der Waals surface area contributed by atoms with Crippen LogP contribution in [0.3, 0.4) is 0 Å². The number of methoxy groups -OCH3 is 1. The third kappa shape index (κ3) is 2.63. The van der Waals surface area contributed by atoms with E-state index in [0.29, 0.717) is 0 Å². The van der Waals surface area contributed by atoms with Crippen molar-refractivity contribution < 1.29 is 9.53 Å². The van der Waals surface area contributed by atoms with Gasteiger partial charge < -0.3 is 4.74 Å². The maximum Gasteiger partial charge on any atom is 0.325 e.